The zero-order valence-electron chi connectivity index (χ0n) is 24.4. The molecule has 0 bridgehead atoms. The van der Waals surface area contributed by atoms with Gasteiger partial charge in [0.25, 0.3) is 5.91 Å². The van der Waals surface area contributed by atoms with Crippen molar-refractivity contribution in [1.29, 1.82) is 0 Å². The molecule has 7 nitrogen and oxygen atoms in total. The highest BCUT2D eigenvalue weighted by Gasteiger charge is 2.50. The van der Waals surface area contributed by atoms with E-state index in [9.17, 15) is 9.59 Å². The number of hydrogen-bond donors (Lipinski definition) is 2. The standard InChI is InChI=1S/C35H37FN4O3/c1-21-6-4-10-28(36)32(21)35(42)40-30-11-5-7-23(30)18-27(34(41)39-26-16-17-29-31(19-26)43-20-37-29)33(40)22-12-14-25(15-13-22)38-24-8-2-3-9-24/h4,6,10,12-17,19-20,23-24,27,30,33,38H,2-3,5,7-9,11,18H2,1H3,(H,39,41). The zero-order chi connectivity index (χ0) is 29.5. The third-order valence-corrected chi connectivity index (χ3v) is 9.80. The summed E-state index contributed by atoms with van der Waals surface area (Å²) in [6.07, 6.45) is 9.62. The number of hydrogen-bond acceptors (Lipinski definition) is 5. The molecule has 0 spiro atoms. The Kier molecular flexibility index (Phi) is 7.37. The summed E-state index contributed by atoms with van der Waals surface area (Å²) < 4.78 is 20.7. The van der Waals surface area contributed by atoms with Crippen molar-refractivity contribution in [3.8, 4) is 0 Å². The third kappa shape index (κ3) is 5.28. The second kappa shape index (κ2) is 11.5. The highest BCUT2D eigenvalue weighted by molar-refractivity contribution is 5.99. The van der Waals surface area contributed by atoms with Crippen LogP contribution >= 0.6 is 0 Å². The SMILES string of the molecule is Cc1cccc(F)c1C(=O)N1C2CCCC2CC(C(=O)Nc2ccc3ncoc3c2)C1c1ccc(NC2CCCC2)cc1. The average Bonchev–Trinajstić information content (AvgIpc) is 3.78. The van der Waals surface area contributed by atoms with E-state index in [-0.39, 0.29) is 29.3 Å². The van der Waals surface area contributed by atoms with Crippen LogP contribution in [0.1, 0.15) is 78.9 Å². The van der Waals surface area contributed by atoms with Crippen LogP contribution < -0.4 is 10.6 Å². The summed E-state index contributed by atoms with van der Waals surface area (Å²) in [5, 5.41) is 6.74. The maximum absolute atomic E-state index is 15.3. The predicted molar refractivity (Wildman–Crippen MR) is 164 cm³/mol. The van der Waals surface area contributed by atoms with Gasteiger partial charge in [0.05, 0.1) is 17.5 Å². The smallest absolute Gasteiger partial charge is 0.257 e. The van der Waals surface area contributed by atoms with Gasteiger partial charge in [0.1, 0.15) is 11.3 Å². The number of halogens is 1. The highest BCUT2D eigenvalue weighted by Crippen LogP contribution is 2.49. The molecule has 4 unspecified atom stereocenters. The van der Waals surface area contributed by atoms with Crippen LogP contribution in [0, 0.1) is 24.6 Å². The highest BCUT2D eigenvalue weighted by atomic mass is 19.1. The van der Waals surface area contributed by atoms with Crippen molar-refractivity contribution >= 4 is 34.3 Å². The lowest BCUT2D eigenvalue weighted by atomic mass is 9.76. The number of benzene rings is 3. The fourth-order valence-corrected chi connectivity index (χ4v) is 7.72. The number of oxazole rings is 1. The zero-order valence-corrected chi connectivity index (χ0v) is 24.4. The summed E-state index contributed by atoms with van der Waals surface area (Å²) in [5.74, 6) is -1.38. The van der Waals surface area contributed by atoms with E-state index in [0.29, 0.717) is 34.8 Å². The predicted octanol–water partition coefficient (Wildman–Crippen LogP) is 7.64. The monoisotopic (exact) mass is 580 g/mol. The number of aryl methyl sites for hydroxylation is 1. The number of rotatable bonds is 6. The molecule has 3 aliphatic rings. The average molecular weight is 581 g/mol. The molecule has 0 radical (unpaired) electrons. The van der Waals surface area contributed by atoms with E-state index in [1.54, 1.807) is 25.1 Å². The Balaban J connectivity index is 1.27. The summed E-state index contributed by atoms with van der Waals surface area (Å²) in [5.41, 5.74) is 4.53. The molecule has 8 heteroatoms. The fourth-order valence-electron chi connectivity index (χ4n) is 7.72. The van der Waals surface area contributed by atoms with Crippen molar-refractivity contribution in [2.45, 2.75) is 76.4 Å². The Morgan fingerprint density at radius 2 is 1.74 bits per heavy atom. The summed E-state index contributed by atoms with van der Waals surface area (Å²) in [6.45, 7) is 1.77. The number of fused-ring (bicyclic) bond motifs is 2. The first-order valence-electron chi connectivity index (χ1n) is 15.5. The molecule has 1 aromatic heterocycles. The largest absolute Gasteiger partial charge is 0.443 e. The molecular formula is C35H37FN4O3. The van der Waals surface area contributed by atoms with E-state index in [0.717, 1.165) is 30.5 Å². The van der Waals surface area contributed by atoms with Crippen LogP contribution in [-0.2, 0) is 4.79 Å². The lowest BCUT2D eigenvalue weighted by Gasteiger charge is -2.48. The van der Waals surface area contributed by atoms with Gasteiger partial charge in [0.2, 0.25) is 5.91 Å². The molecule has 222 valence electrons. The van der Waals surface area contributed by atoms with E-state index in [1.807, 2.05) is 29.2 Å². The second-order valence-electron chi connectivity index (χ2n) is 12.5. The molecule has 4 aromatic rings. The van der Waals surface area contributed by atoms with Gasteiger partial charge < -0.3 is 20.0 Å². The van der Waals surface area contributed by atoms with Crippen molar-refractivity contribution in [2.75, 3.05) is 10.6 Å². The number of piperidine rings is 1. The van der Waals surface area contributed by atoms with Crippen molar-refractivity contribution in [3.63, 3.8) is 0 Å². The van der Waals surface area contributed by atoms with Gasteiger partial charge >= 0.3 is 0 Å². The Morgan fingerprint density at radius 1 is 0.953 bits per heavy atom. The van der Waals surface area contributed by atoms with E-state index < -0.39 is 17.8 Å². The van der Waals surface area contributed by atoms with Gasteiger partial charge in [0, 0.05) is 29.5 Å². The van der Waals surface area contributed by atoms with Gasteiger partial charge in [-0.3, -0.25) is 9.59 Å². The molecule has 3 fully saturated rings. The normalized spacial score (nSPS) is 23.8. The summed E-state index contributed by atoms with van der Waals surface area (Å²) in [6, 6.07) is 18.2. The van der Waals surface area contributed by atoms with Crippen LogP contribution in [0.5, 0.6) is 0 Å². The molecule has 2 amide bonds. The summed E-state index contributed by atoms with van der Waals surface area (Å²) in [4.78, 5) is 34.6. The lowest BCUT2D eigenvalue weighted by Crippen LogP contribution is -2.54. The van der Waals surface area contributed by atoms with Crippen LogP contribution in [0.4, 0.5) is 15.8 Å². The lowest BCUT2D eigenvalue weighted by molar-refractivity contribution is -0.125. The molecule has 7 rings (SSSR count). The molecule has 2 aliphatic carbocycles. The number of likely N-dealkylation sites (tertiary alicyclic amines) is 1. The van der Waals surface area contributed by atoms with Crippen molar-refractivity contribution in [2.24, 2.45) is 11.8 Å². The van der Waals surface area contributed by atoms with Crippen LogP contribution in [0.3, 0.4) is 0 Å². The molecule has 1 saturated heterocycles. The van der Waals surface area contributed by atoms with E-state index >= 15 is 4.39 Å². The minimum Gasteiger partial charge on any atom is -0.443 e. The van der Waals surface area contributed by atoms with E-state index in [1.165, 1.54) is 38.1 Å². The summed E-state index contributed by atoms with van der Waals surface area (Å²) in [7, 11) is 0. The van der Waals surface area contributed by atoms with Gasteiger partial charge in [-0.05, 0) is 86.4 Å². The molecule has 2 N–H and O–H groups in total. The van der Waals surface area contributed by atoms with Crippen LogP contribution in [0.2, 0.25) is 0 Å². The Bertz CT molecular complexity index is 1620. The first-order valence-corrected chi connectivity index (χ1v) is 15.5. The minimum absolute atomic E-state index is 0.0533. The topological polar surface area (TPSA) is 87.5 Å². The number of anilines is 2. The number of aromatic nitrogens is 1. The molecule has 2 heterocycles. The molecule has 1 aliphatic heterocycles. The second-order valence-corrected chi connectivity index (χ2v) is 12.5. The quantitative estimate of drug-likeness (QED) is 0.245. The number of carbonyl (C=O) groups excluding carboxylic acids is 2. The molecule has 3 aromatic carbocycles. The molecular weight excluding hydrogens is 543 g/mol. The maximum atomic E-state index is 15.3. The van der Waals surface area contributed by atoms with Crippen LogP contribution in [0.25, 0.3) is 11.1 Å². The number of carbonyl (C=O) groups is 2. The van der Waals surface area contributed by atoms with Crippen molar-refractivity contribution < 1.29 is 18.4 Å². The van der Waals surface area contributed by atoms with E-state index in [4.69, 9.17) is 4.42 Å². The van der Waals surface area contributed by atoms with Gasteiger partial charge in [-0.15, -0.1) is 0 Å². The Hall–Kier alpha value is -4.20. The fraction of sp³-hybridized carbons (Fsp3) is 0.400. The van der Waals surface area contributed by atoms with Gasteiger partial charge in [0.15, 0.2) is 12.0 Å². The molecule has 43 heavy (non-hydrogen) atoms. The Labute approximate surface area is 250 Å². The minimum atomic E-state index is -0.541. The molecule has 2 saturated carbocycles. The first-order chi connectivity index (χ1) is 21.0. The third-order valence-electron chi connectivity index (χ3n) is 9.80. The number of amides is 2. The Morgan fingerprint density at radius 3 is 2.53 bits per heavy atom. The first kappa shape index (κ1) is 27.6. The van der Waals surface area contributed by atoms with Gasteiger partial charge in [-0.1, -0.05) is 43.5 Å². The summed E-state index contributed by atoms with van der Waals surface area (Å²) >= 11 is 0. The van der Waals surface area contributed by atoms with Crippen LogP contribution in [-0.4, -0.2) is 33.8 Å². The van der Waals surface area contributed by atoms with Crippen LogP contribution in [0.15, 0.2) is 71.5 Å². The molecule has 4 atom stereocenters. The maximum Gasteiger partial charge on any atom is 0.257 e. The number of nitrogens with one attached hydrogen (secondary N) is 2. The van der Waals surface area contributed by atoms with Gasteiger partial charge in [-0.25, -0.2) is 9.37 Å². The van der Waals surface area contributed by atoms with Crippen molar-refractivity contribution in [3.05, 3.63) is 89.6 Å². The van der Waals surface area contributed by atoms with Crippen molar-refractivity contribution in [1.82, 2.24) is 9.88 Å². The van der Waals surface area contributed by atoms with Gasteiger partial charge in [-0.2, -0.15) is 0 Å². The number of nitrogens with zero attached hydrogens (tertiary/aromatic N) is 2. The van der Waals surface area contributed by atoms with E-state index in [2.05, 4.69) is 27.8 Å².